The van der Waals surface area contributed by atoms with Gasteiger partial charge in [-0.2, -0.15) is 0 Å². The van der Waals surface area contributed by atoms with Crippen LogP contribution in [0, 0.1) is 5.82 Å². The van der Waals surface area contributed by atoms with E-state index in [1.807, 2.05) is 48.5 Å². The van der Waals surface area contributed by atoms with E-state index in [-0.39, 0.29) is 5.82 Å². The third kappa shape index (κ3) is 4.85. The molecule has 3 aromatic rings. The van der Waals surface area contributed by atoms with Gasteiger partial charge >= 0.3 is 0 Å². The number of anilines is 1. The van der Waals surface area contributed by atoms with Gasteiger partial charge in [0.1, 0.15) is 18.2 Å². The minimum Gasteiger partial charge on any atom is -0.489 e. The molecule has 0 heterocycles. The first kappa shape index (κ1) is 16.1. The number of rotatable bonds is 7. The van der Waals surface area contributed by atoms with Gasteiger partial charge in [0.05, 0.1) is 0 Å². The summed E-state index contributed by atoms with van der Waals surface area (Å²) in [4.78, 5) is 0. The molecule has 2 nitrogen and oxygen atoms in total. The molecule has 1 N–H and O–H groups in total. The zero-order valence-corrected chi connectivity index (χ0v) is 13.4. The summed E-state index contributed by atoms with van der Waals surface area (Å²) in [6.07, 6.45) is 0.846. The topological polar surface area (TPSA) is 21.3 Å². The maximum absolute atomic E-state index is 13.1. The fourth-order valence-corrected chi connectivity index (χ4v) is 2.48. The van der Waals surface area contributed by atoms with Crippen molar-refractivity contribution in [2.45, 2.75) is 13.0 Å². The molecule has 0 atom stereocenters. The predicted octanol–water partition coefficient (Wildman–Crippen LogP) is 5.06. The van der Waals surface area contributed by atoms with Crippen LogP contribution >= 0.6 is 0 Å². The molecule has 122 valence electrons. The summed E-state index contributed by atoms with van der Waals surface area (Å²) >= 11 is 0. The van der Waals surface area contributed by atoms with Crippen molar-refractivity contribution >= 4 is 5.69 Å². The normalized spacial score (nSPS) is 10.4. The van der Waals surface area contributed by atoms with Gasteiger partial charge in [-0.3, -0.25) is 0 Å². The number of benzene rings is 3. The number of nitrogens with one attached hydrogen (secondary N) is 1. The largest absolute Gasteiger partial charge is 0.489 e. The monoisotopic (exact) mass is 321 g/mol. The minimum atomic E-state index is -0.226. The van der Waals surface area contributed by atoms with Gasteiger partial charge in [0.25, 0.3) is 0 Å². The van der Waals surface area contributed by atoms with E-state index in [1.54, 1.807) is 6.07 Å². The Morgan fingerprint density at radius 3 is 2.42 bits per heavy atom. The molecule has 0 spiro atoms. The summed E-state index contributed by atoms with van der Waals surface area (Å²) in [6, 6.07) is 24.7. The maximum atomic E-state index is 13.1. The second-order valence-electron chi connectivity index (χ2n) is 5.61. The molecule has 0 saturated carbocycles. The lowest BCUT2D eigenvalue weighted by Gasteiger charge is -2.09. The first-order chi connectivity index (χ1) is 11.8. The molecule has 0 radical (unpaired) electrons. The Labute approximate surface area is 141 Å². The highest BCUT2D eigenvalue weighted by Gasteiger charge is 1.99. The SMILES string of the molecule is Fc1cccc(NCCc2cccc(OCc3ccccc3)c2)c1. The smallest absolute Gasteiger partial charge is 0.125 e. The van der Waals surface area contributed by atoms with Crippen molar-refractivity contribution in [2.75, 3.05) is 11.9 Å². The predicted molar refractivity (Wildman–Crippen MR) is 95.8 cm³/mol. The van der Waals surface area contributed by atoms with E-state index < -0.39 is 0 Å². The zero-order chi connectivity index (χ0) is 16.6. The van der Waals surface area contributed by atoms with Crippen molar-refractivity contribution in [3.05, 3.63) is 95.8 Å². The van der Waals surface area contributed by atoms with Crippen LogP contribution < -0.4 is 10.1 Å². The molecular formula is C21H20FNO. The van der Waals surface area contributed by atoms with Crippen LogP contribution in [-0.4, -0.2) is 6.54 Å². The molecule has 0 fully saturated rings. The Morgan fingerprint density at radius 2 is 1.58 bits per heavy atom. The lowest BCUT2D eigenvalue weighted by atomic mass is 10.1. The lowest BCUT2D eigenvalue weighted by molar-refractivity contribution is 0.306. The summed E-state index contributed by atoms with van der Waals surface area (Å²) in [5, 5.41) is 3.23. The van der Waals surface area contributed by atoms with Gasteiger partial charge in [0.2, 0.25) is 0 Å². The molecule has 24 heavy (non-hydrogen) atoms. The van der Waals surface area contributed by atoms with Crippen LogP contribution in [0.15, 0.2) is 78.9 Å². The second kappa shape index (κ2) is 8.16. The summed E-state index contributed by atoms with van der Waals surface area (Å²) in [7, 11) is 0. The Kier molecular flexibility index (Phi) is 5.46. The Hall–Kier alpha value is -2.81. The van der Waals surface area contributed by atoms with Crippen LogP contribution in [0.1, 0.15) is 11.1 Å². The molecule has 0 saturated heterocycles. The molecule has 0 aliphatic heterocycles. The van der Waals surface area contributed by atoms with Crippen molar-refractivity contribution in [2.24, 2.45) is 0 Å². The molecule has 3 aromatic carbocycles. The van der Waals surface area contributed by atoms with Crippen LogP contribution in [0.5, 0.6) is 5.75 Å². The molecule has 0 aliphatic rings. The van der Waals surface area contributed by atoms with Crippen molar-refractivity contribution in [3.8, 4) is 5.75 Å². The Morgan fingerprint density at radius 1 is 0.792 bits per heavy atom. The van der Waals surface area contributed by atoms with E-state index in [2.05, 4.69) is 17.4 Å². The van der Waals surface area contributed by atoms with Crippen molar-refractivity contribution < 1.29 is 9.13 Å². The summed E-state index contributed by atoms with van der Waals surface area (Å²) in [5.74, 6) is 0.637. The highest BCUT2D eigenvalue weighted by Crippen LogP contribution is 2.16. The molecule has 3 heteroatoms. The minimum absolute atomic E-state index is 0.226. The fraction of sp³-hybridized carbons (Fsp3) is 0.143. The van der Waals surface area contributed by atoms with Gasteiger partial charge in [-0.1, -0.05) is 48.5 Å². The number of hydrogen-bond acceptors (Lipinski definition) is 2. The average molecular weight is 321 g/mol. The lowest BCUT2D eigenvalue weighted by Crippen LogP contribution is -2.05. The van der Waals surface area contributed by atoms with Crippen LogP contribution in [0.2, 0.25) is 0 Å². The first-order valence-electron chi connectivity index (χ1n) is 8.05. The number of hydrogen-bond donors (Lipinski definition) is 1. The average Bonchev–Trinajstić information content (AvgIpc) is 2.61. The standard InChI is InChI=1S/C21H20FNO/c22-19-9-5-10-20(15-19)23-13-12-17-8-4-11-21(14-17)24-16-18-6-2-1-3-7-18/h1-11,14-15,23H,12-13,16H2. The summed E-state index contributed by atoms with van der Waals surface area (Å²) < 4.78 is 19.0. The molecule has 3 rings (SSSR count). The second-order valence-corrected chi connectivity index (χ2v) is 5.61. The molecule has 0 amide bonds. The van der Waals surface area contributed by atoms with Gasteiger partial charge in [0.15, 0.2) is 0 Å². The van der Waals surface area contributed by atoms with Gasteiger partial charge in [0, 0.05) is 12.2 Å². The molecule has 0 bridgehead atoms. The van der Waals surface area contributed by atoms with Crippen LogP contribution in [-0.2, 0) is 13.0 Å². The zero-order valence-electron chi connectivity index (χ0n) is 13.4. The Balaban J connectivity index is 1.51. The van der Waals surface area contributed by atoms with E-state index in [0.29, 0.717) is 6.61 Å². The fourth-order valence-electron chi connectivity index (χ4n) is 2.48. The van der Waals surface area contributed by atoms with Crippen LogP contribution in [0.4, 0.5) is 10.1 Å². The number of halogens is 1. The van der Waals surface area contributed by atoms with Gasteiger partial charge in [-0.15, -0.1) is 0 Å². The van der Waals surface area contributed by atoms with Gasteiger partial charge in [-0.05, 0) is 47.9 Å². The highest BCUT2D eigenvalue weighted by atomic mass is 19.1. The number of ether oxygens (including phenoxy) is 1. The van der Waals surface area contributed by atoms with Crippen molar-refractivity contribution in [1.82, 2.24) is 0 Å². The van der Waals surface area contributed by atoms with E-state index in [1.165, 1.54) is 17.7 Å². The maximum Gasteiger partial charge on any atom is 0.125 e. The van der Waals surface area contributed by atoms with Gasteiger partial charge in [-0.25, -0.2) is 4.39 Å². The quantitative estimate of drug-likeness (QED) is 0.657. The molecule has 0 aliphatic carbocycles. The summed E-state index contributed by atoms with van der Waals surface area (Å²) in [6.45, 7) is 1.30. The van der Waals surface area contributed by atoms with Crippen LogP contribution in [0.25, 0.3) is 0 Å². The van der Waals surface area contributed by atoms with E-state index in [9.17, 15) is 4.39 Å². The highest BCUT2D eigenvalue weighted by molar-refractivity contribution is 5.43. The van der Waals surface area contributed by atoms with Crippen molar-refractivity contribution in [3.63, 3.8) is 0 Å². The van der Waals surface area contributed by atoms with Crippen LogP contribution in [0.3, 0.4) is 0 Å². The third-order valence-electron chi connectivity index (χ3n) is 3.71. The molecular weight excluding hydrogens is 301 g/mol. The van der Waals surface area contributed by atoms with E-state index >= 15 is 0 Å². The third-order valence-corrected chi connectivity index (χ3v) is 3.71. The molecule has 0 unspecified atom stereocenters. The van der Waals surface area contributed by atoms with Crippen molar-refractivity contribution in [1.29, 1.82) is 0 Å². The first-order valence-corrected chi connectivity index (χ1v) is 8.05. The van der Waals surface area contributed by atoms with Gasteiger partial charge < -0.3 is 10.1 Å². The van der Waals surface area contributed by atoms with E-state index in [4.69, 9.17) is 4.74 Å². The van der Waals surface area contributed by atoms with E-state index in [0.717, 1.165) is 30.0 Å². The summed E-state index contributed by atoms with van der Waals surface area (Å²) in [5.41, 5.74) is 3.13. The Bertz CT molecular complexity index is 774. The molecule has 0 aromatic heterocycles.